The number of amides is 1. The van der Waals surface area contributed by atoms with Crippen LogP contribution in [0.3, 0.4) is 0 Å². The molecule has 1 atom stereocenters. The second-order valence-corrected chi connectivity index (χ2v) is 6.01. The van der Waals surface area contributed by atoms with E-state index in [-0.39, 0.29) is 24.0 Å². The lowest BCUT2D eigenvalue weighted by Gasteiger charge is -2.29. The summed E-state index contributed by atoms with van der Waals surface area (Å²) >= 11 is 0. The van der Waals surface area contributed by atoms with Gasteiger partial charge in [0.05, 0.1) is 12.6 Å². The summed E-state index contributed by atoms with van der Waals surface area (Å²) in [6, 6.07) is 9.98. The van der Waals surface area contributed by atoms with E-state index < -0.39 is 0 Å². The molecule has 3 nitrogen and oxygen atoms in total. The first-order valence-electron chi connectivity index (χ1n) is 6.87. The number of aryl methyl sites for hydroxylation is 1. The van der Waals surface area contributed by atoms with Gasteiger partial charge in [-0.15, -0.1) is 0 Å². The minimum Gasteiger partial charge on any atom is -0.394 e. The maximum Gasteiger partial charge on any atom is 0.220 e. The molecular formula is C16H25NO2. The van der Waals surface area contributed by atoms with Crippen LogP contribution in [0.2, 0.25) is 0 Å². The molecule has 106 valence electrons. The van der Waals surface area contributed by atoms with Gasteiger partial charge in [-0.1, -0.05) is 51.1 Å². The van der Waals surface area contributed by atoms with E-state index in [1.54, 1.807) is 0 Å². The van der Waals surface area contributed by atoms with Crippen molar-refractivity contribution in [2.75, 3.05) is 6.61 Å². The number of benzene rings is 1. The first-order valence-corrected chi connectivity index (χ1v) is 6.87. The summed E-state index contributed by atoms with van der Waals surface area (Å²) in [6.45, 7) is 6.02. The number of carbonyl (C=O) groups is 1. The number of carbonyl (C=O) groups excluding carboxylic acids is 1. The molecule has 0 spiro atoms. The third kappa shape index (κ3) is 5.88. The standard InChI is InChI=1S/C16H25NO2/c1-16(2,3)14(12-18)17-15(19)11-7-10-13-8-5-4-6-9-13/h4-6,8-9,14,18H,7,10-12H2,1-3H3,(H,17,19)/t14-/m0/s1. The molecule has 0 aromatic heterocycles. The molecule has 0 unspecified atom stereocenters. The fraction of sp³-hybridized carbons (Fsp3) is 0.562. The van der Waals surface area contributed by atoms with Crippen LogP contribution in [-0.2, 0) is 11.2 Å². The van der Waals surface area contributed by atoms with E-state index in [9.17, 15) is 9.90 Å². The zero-order chi connectivity index (χ0) is 14.3. The topological polar surface area (TPSA) is 49.3 Å². The number of hydrogen-bond acceptors (Lipinski definition) is 2. The molecule has 0 aliphatic rings. The van der Waals surface area contributed by atoms with E-state index in [1.807, 2.05) is 39.0 Å². The van der Waals surface area contributed by atoms with Gasteiger partial charge < -0.3 is 10.4 Å². The highest BCUT2D eigenvalue weighted by Gasteiger charge is 2.25. The first kappa shape index (κ1) is 15.7. The van der Waals surface area contributed by atoms with E-state index in [0.29, 0.717) is 6.42 Å². The average Bonchev–Trinajstić information content (AvgIpc) is 2.36. The van der Waals surface area contributed by atoms with Gasteiger partial charge in [0.2, 0.25) is 5.91 Å². The third-order valence-corrected chi connectivity index (χ3v) is 3.28. The van der Waals surface area contributed by atoms with Gasteiger partial charge in [-0.2, -0.15) is 0 Å². The molecule has 0 saturated heterocycles. The molecule has 0 heterocycles. The van der Waals surface area contributed by atoms with Crippen LogP contribution < -0.4 is 5.32 Å². The summed E-state index contributed by atoms with van der Waals surface area (Å²) < 4.78 is 0. The van der Waals surface area contributed by atoms with Gasteiger partial charge in [0.25, 0.3) is 0 Å². The maximum atomic E-state index is 11.8. The van der Waals surface area contributed by atoms with Crippen LogP contribution in [0.15, 0.2) is 30.3 Å². The summed E-state index contributed by atoms with van der Waals surface area (Å²) in [5, 5.41) is 12.2. The molecule has 2 N–H and O–H groups in total. The number of rotatable bonds is 6. The van der Waals surface area contributed by atoms with Crippen LogP contribution in [-0.4, -0.2) is 23.7 Å². The first-order chi connectivity index (χ1) is 8.93. The Balaban J connectivity index is 2.32. The molecule has 0 aliphatic carbocycles. The Bertz CT molecular complexity index is 381. The van der Waals surface area contributed by atoms with Crippen molar-refractivity contribution in [3.63, 3.8) is 0 Å². The van der Waals surface area contributed by atoms with Crippen LogP contribution in [0.4, 0.5) is 0 Å². The van der Waals surface area contributed by atoms with E-state index in [2.05, 4.69) is 17.4 Å². The zero-order valence-electron chi connectivity index (χ0n) is 12.1. The predicted molar refractivity (Wildman–Crippen MR) is 77.9 cm³/mol. The SMILES string of the molecule is CC(C)(C)[C@H](CO)NC(=O)CCCc1ccccc1. The number of hydrogen-bond donors (Lipinski definition) is 2. The van der Waals surface area contributed by atoms with Crippen molar-refractivity contribution in [1.29, 1.82) is 0 Å². The Morgan fingerprint density at radius 3 is 2.42 bits per heavy atom. The lowest BCUT2D eigenvalue weighted by atomic mass is 9.87. The van der Waals surface area contributed by atoms with Gasteiger partial charge in [0.1, 0.15) is 0 Å². The lowest BCUT2D eigenvalue weighted by molar-refractivity contribution is -0.123. The molecule has 0 radical (unpaired) electrons. The molecule has 0 saturated carbocycles. The van der Waals surface area contributed by atoms with Crippen LogP contribution in [0.25, 0.3) is 0 Å². The van der Waals surface area contributed by atoms with Crippen molar-refractivity contribution in [3.8, 4) is 0 Å². The highest BCUT2D eigenvalue weighted by molar-refractivity contribution is 5.76. The maximum absolute atomic E-state index is 11.8. The highest BCUT2D eigenvalue weighted by Crippen LogP contribution is 2.18. The van der Waals surface area contributed by atoms with Crippen molar-refractivity contribution in [2.24, 2.45) is 5.41 Å². The van der Waals surface area contributed by atoms with Gasteiger partial charge >= 0.3 is 0 Å². The van der Waals surface area contributed by atoms with Gasteiger partial charge in [-0.05, 0) is 23.8 Å². The molecule has 1 amide bonds. The monoisotopic (exact) mass is 263 g/mol. The van der Waals surface area contributed by atoms with Gasteiger partial charge in [-0.3, -0.25) is 4.79 Å². The molecule has 0 fully saturated rings. The van der Waals surface area contributed by atoms with Crippen molar-refractivity contribution in [1.82, 2.24) is 5.32 Å². The van der Waals surface area contributed by atoms with Gasteiger partial charge in [0.15, 0.2) is 0 Å². The second kappa shape index (κ2) is 7.29. The fourth-order valence-corrected chi connectivity index (χ4v) is 1.90. The second-order valence-electron chi connectivity index (χ2n) is 6.01. The van der Waals surface area contributed by atoms with Crippen LogP contribution in [0.5, 0.6) is 0 Å². The molecule has 1 aromatic carbocycles. The Morgan fingerprint density at radius 1 is 1.26 bits per heavy atom. The molecule has 1 rings (SSSR count). The van der Waals surface area contributed by atoms with E-state index in [1.165, 1.54) is 5.56 Å². The van der Waals surface area contributed by atoms with Gasteiger partial charge in [-0.25, -0.2) is 0 Å². The molecule has 3 heteroatoms. The largest absolute Gasteiger partial charge is 0.394 e. The van der Waals surface area contributed by atoms with E-state index in [0.717, 1.165) is 12.8 Å². The minimum atomic E-state index is -0.184. The van der Waals surface area contributed by atoms with Crippen LogP contribution in [0.1, 0.15) is 39.2 Å². The summed E-state index contributed by atoms with van der Waals surface area (Å²) in [7, 11) is 0. The van der Waals surface area contributed by atoms with Crippen LogP contribution in [0, 0.1) is 5.41 Å². The fourth-order valence-electron chi connectivity index (χ4n) is 1.90. The summed E-state index contributed by atoms with van der Waals surface area (Å²) in [4.78, 5) is 11.8. The average molecular weight is 263 g/mol. The van der Waals surface area contributed by atoms with Crippen molar-refractivity contribution < 1.29 is 9.90 Å². The Hall–Kier alpha value is -1.35. The number of aliphatic hydroxyl groups excluding tert-OH is 1. The molecule has 1 aromatic rings. The van der Waals surface area contributed by atoms with Crippen molar-refractivity contribution >= 4 is 5.91 Å². The Kier molecular flexibility index (Phi) is 6.03. The summed E-state index contributed by atoms with van der Waals surface area (Å²) in [5.41, 5.74) is 1.13. The van der Waals surface area contributed by atoms with Crippen molar-refractivity contribution in [3.05, 3.63) is 35.9 Å². The molecule has 19 heavy (non-hydrogen) atoms. The number of aliphatic hydroxyl groups is 1. The van der Waals surface area contributed by atoms with E-state index >= 15 is 0 Å². The minimum absolute atomic E-state index is 0.0184. The van der Waals surface area contributed by atoms with Crippen LogP contribution >= 0.6 is 0 Å². The van der Waals surface area contributed by atoms with Crippen molar-refractivity contribution in [2.45, 2.75) is 46.1 Å². The normalized spacial score (nSPS) is 13.1. The summed E-state index contributed by atoms with van der Waals surface area (Å²) in [6.07, 6.45) is 2.24. The zero-order valence-corrected chi connectivity index (χ0v) is 12.1. The molecular weight excluding hydrogens is 238 g/mol. The Morgan fingerprint density at radius 2 is 1.89 bits per heavy atom. The van der Waals surface area contributed by atoms with E-state index in [4.69, 9.17) is 0 Å². The lowest BCUT2D eigenvalue weighted by Crippen LogP contribution is -2.46. The number of nitrogens with one attached hydrogen (secondary N) is 1. The predicted octanol–water partition coefficient (Wildman–Crippen LogP) is 2.53. The summed E-state index contributed by atoms with van der Waals surface area (Å²) in [5.74, 6) is 0.0184. The highest BCUT2D eigenvalue weighted by atomic mass is 16.3. The van der Waals surface area contributed by atoms with Gasteiger partial charge in [0, 0.05) is 6.42 Å². The molecule has 0 bridgehead atoms. The smallest absolute Gasteiger partial charge is 0.220 e. The molecule has 0 aliphatic heterocycles. The third-order valence-electron chi connectivity index (χ3n) is 3.28. The Labute approximate surface area is 116 Å². The quantitative estimate of drug-likeness (QED) is 0.828.